The van der Waals surface area contributed by atoms with Gasteiger partial charge in [0, 0.05) is 12.7 Å². The molecular formula is C23H34N2O2. The largest absolute Gasteiger partial charge is 0.508 e. The number of carbonyl (C=O) groups excluding carboxylic acids is 1. The fraction of sp³-hybridized carbons (Fsp3) is 0.609. The summed E-state index contributed by atoms with van der Waals surface area (Å²) in [7, 11) is 0. The number of benzene rings is 1. The summed E-state index contributed by atoms with van der Waals surface area (Å²) in [5.74, 6) is 1.14. The van der Waals surface area contributed by atoms with Crippen LogP contribution < -0.4 is 5.32 Å². The Kier molecular flexibility index (Phi) is 5.83. The number of nitrogens with one attached hydrogen (secondary N) is 1. The van der Waals surface area contributed by atoms with Crippen LogP contribution in [0, 0.1) is 5.92 Å². The summed E-state index contributed by atoms with van der Waals surface area (Å²) in [5, 5.41) is 14.1. The second-order valence-corrected chi connectivity index (χ2v) is 8.38. The Balaban J connectivity index is 2.04. The second-order valence-electron chi connectivity index (χ2n) is 8.38. The zero-order chi connectivity index (χ0) is 19.6. The van der Waals surface area contributed by atoms with Gasteiger partial charge in [-0.1, -0.05) is 52.7 Å². The average molecular weight is 371 g/mol. The molecule has 1 atom stereocenters. The summed E-state index contributed by atoms with van der Waals surface area (Å²) in [5.41, 5.74) is 2.69. The van der Waals surface area contributed by atoms with Crippen LogP contribution in [-0.4, -0.2) is 22.6 Å². The van der Waals surface area contributed by atoms with Gasteiger partial charge in [0.25, 0.3) is 0 Å². The summed E-state index contributed by atoms with van der Waals surface area (Å²) in [6, 6.07) is 6.04. The van der Waals surface area contributed by atoms with Crippen LogP contribution in [-0.2, 0) is 5.54 Å². The Morgan fingerprint density at radius 1 is 1.26 bits per heavy atom. The molecule has 0 aromatic heterocycles. The van der Waals surface area contributed by atoms with Crippen molar-refractivity contribution < 1.29 is 9.90 Å². The summed E-state index contributed by atoms with van der Waals surface area (Å²) in [6.07, 6.45) is 8.52. The number of carbonyl (C=O) groups is 1. The van der Waals surface area contributed by atoms with E-state index >= 15 is 0 Å². The highest BCUT2D eigenvalue weighted by atomic mass is 16.3. The normalized spacial score (nSPS) is 23.7. The zero-order valence-electron chi connectivity index (χ0n) is 17.2. The monoisotopic (exact) mass is 370 g/mol. The Hall–Kier alpha value is -1.97. The number of aromatic hydroxyl groups is 1. The molecule has 0 bridgehead atoms. The average Bonchev–Trinajstić information content (AvgIpc) is 3.17. The lowest BCUT2D eigenvalue weighted by molar-refractivity contribution is 0.189. The van der Waals surface area contributed by atoms with E-state index in [-0.39, 0.29) is 6.03 Å². The molecule has 2 N–H and O–H groups in total. The van der Waals surface area contributed by atoms with Gasteiger partial charge in [-0.25, -0.2) is 4.79 Å². The van der Waals surface area contributed by atoms with Gasteiger partial charge in [-0.05, 0) is 60.3 Å². The van der Waals surface area contributed by atoms with Crippen molar-refractivity contribution in [2.45, 2.75) is 77.7 Å². The molecule has 1 fully saturated rings. The van der Waals surface area contributed by atoms with E-state index in [2.05, 4.69) is 45.1 Å². The minimum Gasteiger partial charge on any atom is -0.508 e. The molecule has 1 heterocycles. The standard InChI is InChI=1S/C23H34N2O2/c1-5-13-25-15-20(16(3)4)23(6-2,24-22(25)27)18-11-12-19(21(26)14-18)17-9-7-8-10-17/h11-12,14-17,26H,5-10,13H2,1-4H3,(H,24,27)/t23-/m1/s1. The predicted octanol–water partition coefficient (Wildman–Crippen LogP) is 5.63. The van der Waals surface area contributed by atoms with Gasteiger partial charge >= 0.3 is 6.03 Å². The van der Waals surface area contributed by atoms with Crippen LogP contribution in [0.2, 0.25) is 0 Å². The van der Waals surface area contributed by atoms with Crippen LogP contribution in [0.25, 0.3) is 0 Å². The van der Waals surface area contributed by atoms with Gasteiger partial charge in [0.1, 0.15) is 5.75 Å². The summed E-state index contributed by atoms with van der Waals surface area (Å²) in [6.45, 7) is 9.24. The lowest BCUT2D eigenvalue weighted by Gasteiger charge is -2.44. The van der Waals surface area contributed by atoms with Gasteiger partial charge in [-0.2, -0.15) is 0 Å². The maximum absolute atomic E-state index is 12.8. The molecule has 148 valence electrons. The molecule has 1 aliphatic heterocycles. The van der Waals surface area contributed by atoms with Crippen LogP contribution >= 0.6 is 0 Å². The Bertz CT molecular complexity index is 719. The quantitative estimate of drug-likeness (QED) is 0.682. The first-order valence-electron chi connectivity index (χ1n) is 10.6. The number of phenolic OH excluding ortho intramolecular Hbond substituents is 1. The third-order valence-corrected chi connectivity index (χ3v) is 6.30. The van der Waals surface area contributed by atoms with Gasteiger partial charge in [0.2, 0.25) is 0 Å². The minimum absolute atomic E-state index is 0.0533. The highest BCUT2D eigenvalue weighted by Crippen LogP contribution is 2.44. The van der Waals surface area contributed by atoms with Crippen molar-refractivity contribution in [1.29, 1.82) is 0 Å². The molecular weight excluding hydrogens is 336 g/mol. The summed E-state index contributed by atoms with van der Waals surface area (Å²) < 4.78 is 0. The molecule has 4 nitrogen and oxygen atoms in total. The summed E-state index contributed by atoms with van der Waals surface area (Å²) in [4.78, 5) is 14.6. The number of phenols is 1. The van der Waals surface area contributed by atoms with Crippen LogP contribution in [0.5, 0.6) is 5.75 Å². The Morgan fingerprint density at radius 2 is 1.96 bits per heavy atom. The molecule has 0 unspecified atom stereocenters. The Morgan fingerprint density at radius 3 is 2.52 bits per heavy atom. The first kappa shape index (κ1) is 19.8. The van der Waals surface area contributed by atoms with E-state index in [4.69, 9.17) is 0 Å². The van der Waals surface area contributed by atoms with E-state index < -0.39 is 5.54 Å². The van der Waals surface area contributed by atoms with Crippen molar-refractivity contribution in [3.05, 3.63) is 41.1 Å². The van der Waals surface area contributed by atoms with Crippen LogP contribution in [0.1, 0.15) is 83.3 Å². The van der Waals surface area contributed by atoms with E-state index in [1.165, 1.54) is 18.4 Å². The molecule has 0 spiro atoms. The third-order valence-electron chi connectivity index (χ3n) is 6.30. The number of rotatable bonds is 6. The van der Waals surface area contributed by atoms with Crippen LogP contribution in [0.3, 0.4) is 0 Å². The van der Waals surface area contributed by atoms with Crippen molar-refractivity contribution in [1.82, 2.24) is 10.2 Å². The first-order valence-corrected chi connectivity index (χ1v) is 10.6. The van der Waals surface area contributed by atoms with E-state index in [1.54, 1.807) is 4.90 Å². The van der Waals surface area contributed by atoms with Gasteiger partial charge in [-0.3, -0.25) is 0 Å². The minimum atomic E-state index is -0.554. The molecule has 3 rings (SSSR count). The van der Waals surface area contributed by atoms with Gasteiger partial charge in [-0.15, -0.1) is 0 Å². The fourth-order valence-corrected chi connectivity index (χ4v) is 4.84. The third kappa shape index (κ3) is 3.59. The molecule has 1 aromatic rings. The number of hydrogen-bond acceptors (Lipinski definition) is 2. The molecule has 0 saturated heterocycles. The maximum atomic E-state index is 12.8. The number of urea groups is 1. The zero-order valence-corrected chi connectivity index (χ0v) is 17.2. The number of amides is 2. The van der Waals surface area contributed by atoms with E-state index in [0.29, 0.717) is 24.1 Å². The highest BCUT2D eigenvalue weighted by molar-refractivity contribution is 5.79. The molecule has 4 heteroatoms. The van der Waals surface area contributed by atoms with E-state index in [1.807, 2.05) is 12.3 Å². The SMILES string of the molecule is CCCN1C=C(C(C)C)[C@@](CC)(c2ccc(C3CCCC3)c(O)c2)NC1=O. The number of hydrogen-bond donors (Lipinski definition) is 2. The van der Waals surface area contributed by atoms with Crippen molar-refractivity contribution in [3.63, 3.8) is 0 Å². The Labute approximate surface area is 163 Å². The van der Waals surface area contributed by atoms with Crippen molar-refractivity contribution in [2.24, 2.45) is 5.92 Å². The topological polar surface area (TPSA) is 52.6 Å². The molecule has 1 saturated carbocycles. The van der Waals surface area contributed by atoms with Crippen LogP contribution in [0.15, 0.2) is 30.0 Å². The molecule has 2 amide bonds. The molecule has 1 aromatic carbocycles. The lowest BCUT2D eigenvalue weighted by atomic mass is 9.74. The van der Waals surface area contributed by atoms with Crippen molar-refractivity contribution in [3.8, 4) is 5.75 Å². The molecule has 27 heavy (non-hydrogen) atoms. The predicted molar refractivity (Wildman–Crippen MR) is 110 cm³/mol. The lowest BCUT2D eigenvalue weighted by Crippen LogP contribution is -2.56. The molecule has 1 aliphatic carbocycles. The highest BCUT2D eigenvalue weighted by Gasteiger charge is 2.42. The second kappa shape index (κ2) is 7.95. The molecule has 0 radical (unpaired) electrons. The smallest absolute Gasteiger partial charge is 0.322 e. The van der Waals surface area contributed by atoms with Gasteiger partial charge in [0.15, 0.2) is 0 Å². The van der Waals surface area contributed by atoms with Gasteiger partial charge < -0.3 is 15.3 Å². The van der Waals surface area contributed by atoms with Crippen molar-refractivity contribution >= 4 is 6.03 Å². The van der Waals surface area contributed by atoms with E-state index in [0.717, 1.165) is 36.8 Å². The molecule has 2 aliphatic rings. The maximum Gasteiger partial charge on any atom is 0.322 e. The number of nitrogens with zero attached hydrogens (tertiary/aromatic N) is 1. The fourth-order valence-electron chi connectivity index (χ4n) is 4.84. The summed E-state index contributed by atoms with van der Waals surface area (Å²) >= 11 is 0. The first-order chi connectivity index (χ1) is 12.9. The van der Waals surface area contributed by atoms with Gasteiger partial charge in [0.05, 0.1) is 5.54 Å². The van der Waals surface area contributed by atoms with Crippen molar-refractivity contribution in [2.75, 3.05) is 6.54 Å². The van der Waals surface area contributed by atoms with E-state index in [9.17, 15) is 9.90 Å². The van der Waals surface area contributed by atoms with Crippen LogP contribution in [0.4, 0.5) is 4.79 Å².